The summed E-state index contributed by atoms with van der Waals surface area (Å²) in [6.45, 7) is 5.28. The van der Waals surface area contributed by atoms with Crippen molar-refractivity contribution in [2.75, 3.05) is 26.3 Å². The average Bonchev–Trinajstić information content (AvgIpc) is 3.04. The van der Waals surface area contributed by atoms with Crippen molar-refractivity contribution in [1.29, 1.82) is 0 Å². The molecule has 1 fully saturated rings. The Balaban J connectivity index is 1.47. The van der Waals surface area contributed by atoms with Crippen LogP contribution in [0.15, 0.2) is 60.9 Å². The minimum atomic E-state index is -1.15. The topological polar surface area (TPSA) is 71.5 Å². The normalized spacial score (nSPS) is 16.9. The van der Waals surface area contributed by atoms with Gasteiger partial charge in [0.25, 0.3) is 5.91 Å². The lowest BCUT2D eigenvalue weighted by Gasteiger charge is -2.33. The number of benzene rings is 2. The Morgan fingerprint density at radius 1 is 1.18 bits per heavy atom. The minimum Gasteiger partial charge on any atom is -0.379 e. The lowest BCUT2D eigenvalue weighted by atomic mass is 9.95. The molecule has 1 aliphatic rings. The standard InChI is InChI=1S/C26H28FN3O3/c1-26(2,29-24(31)19-7-5-8-22(27)13-19)25(32)30-10-11-33-17-18(16-30)12-21-15-28-14-20-6-3-4-9-23(20)21/h3-9,13-15,18H,10-12,16-17H2,1-2H3,(H,29,31). The molecule has 2 aromatic carbocycles. The molecule has 0 saturated carbocycles. The number of carbonyl (C=O) groups is 2. The Kier molecular flexibility index (Phi) is 6.70. The number of hydrogen-bond donors (Lipinski definition) is 1. The van der Waals surface area contributed by atoms with Crippen molar-refractivity contribution in [2.24, 2.45) is 5.92 Å². The number of halogens is 1. The second-order valence-corrected chi connectivity index (χ2v) is 9.01. The molecule has 1 aliphatic heterocycles. The number of nitrogens with zero attached hydrogens (tertiary/aromatic N) is 2. The van der Waals surface area contributed by atoms with Gasteiger partial charge in [0.1, 0.15) is 11.4 Å². The van der Waals surface area contributed by atoms with E-state index in [9.17, 15) is 14.0 Å². The van der Waals surface area contributed by atoms with E-state index in [1.807, 2.05) is 30.6 Å². The lowest BCUT2D eigenvalue weighted by molar-refractivity contribution is -0.137. The Morgan fingerprint density at radius 2 is 2.00 bits per heavy atom. The molecule has 4 rings (SSSR count). The van der Waals surface area contributed by atoms with E-state index in [4.69, 9.17) is 4.74 Å². The van der Waals surface area contributed by atoms with Gasteiger partial charge in [-0.3, -0.25) is 14.6 Å². The average molecular weight is 450 g/mol. The van der Waals surface area contributed by atoms with Crippen molar-refractivity contribution >= 4 is 22.6 Å². The van der Waals surface area contributed by atoms with Gasteiger partial charge < -0.3 is 15.0 Å². The monoisotopic (exact) mass is 449 g/mol. The van der Waals surface area contributed by atoms with Crippen LogP contribution in [-0.4, -0.2) is 53.5 Å². The Hall–Kier alpha value is -3.32. The number of pyridine rings is 1. The van der Waals surface area contributed by atoms with Crippen LogP contribution in [0.5, 0.6) is 0 Å². The summed E-state index contributed by atoms with van der Waals surface area (Å²) in [5, 5.41) is 4.99. The molecule has 1 atom stereocenters. The zero-order valence-corrected chi connectivity index (χ0v) is 18.9. The van der Waals surface area contributed by atoms with Crippen LogP contribution in [0.2, 0.25) is 0 Å². The molecule has 33 heavy (non-hydrogen) atoms. The fourth-order valence-corrected chi connectivity index (χ4v) is 4.28. The van der Waals surface area contributed by atoms with Crippen molar-refractivity contribution in [3.63, 3.8) is 0 Å². The molecule has 7 heteroatoms. The highest BCUT2D eigenvalue weighted by atomic mass is 19.1. The summed E-state index contributed by atoms with van der Waals surface area (Å²) in [7, 11) is 0. The highest BCUT2D eigenvalue weighted by Gasteiger charge is 2.35. The predicted molar refractivity (Wildman–Crippen MR) is 124 cm³/mol. The van der Waals surface area contributed by atoms with E-state index in [0.717, 1.165) is 28.8 Å². The number of hydrogen-bond acceptors (Lipinski definition) is 4. The van der Waals surface area contributed by atoms with Gasteiger partial charge in [-0.25, -0.2) is 4.39 Å². The fourth-order valence-electron chi connectivity index (χ4n) is 4.28. The third kappa shape index (κ3) is 5.37. The van der Waals surface area contributed by atoms with Gasteiger partial charge in [0.05, 0.1) is 13.2 Å². The Labute approximate surface area is 192 Å². The number of rotatable bonds is 5. The molecule has 0 aliphatic carbocycles. The Bertz CT molecular complexity index is 1160. The number of ether oxygens (including phenoxy) is 1. The molecule has 1 unspecified atom stereocenters. The highest BCUT2D eigenvalue weighted by molar-refractivity contribution is 5.99. The first kappa shape index (κ1) is 22.9. The van der Waals surface area contributed by atoms with E-state index in [2.05, 4.69) is 16.4 Å². The van der Waals surface area contributed by atoms with E-state index in [1.54, 1.807) is 18.7 Å². The van der Waals surface area contributed by atoms with Crippen LogP contribution >= 0.6 is 0 Å². The summed E-state index contributed by atoms with van der Waals surface area (Å²) in [5.74, 6) is -1.09. The smallest absolute Gasteiger partial charge is 0.252 e. The first-order valence-electron chi connectivity index (χ1n) is 11.1. The molecular formula is C26H28FN3O3. The molecule has 2 heterocycles. The lowest BCUT2D eigenvalue weighted by Crippen LogP contribution is -2.57. The summed E-state index contributed by atoms with van der Waals surface area (Å²) in [6.07, 6.45) is 4.46. The van der Waals surface area contributed by atoms with Gasteiger partial charge in [-0.05, 0) is 49.4 Å². The first-order chi connectivity index (χ1) is 15.8. The van der Waals surface area contributed by atoms with Crippen LogP contribution < -0.4 is 5.32 Å². The van der Waals surface area contributed by atoms with E-state index in [-0.39, 0.29) is 17.4 Å². The van der Waals surface area contributed by atoms with Crippen LogP contribution in [0.1, 0.15) is 29.8 Å². The van der Waals surface area contributed by atoms with Crippen LogP contribution in [0.4, 0.5) is 4.39 Å². The molecular weight excluding hydrogens is 421 g/mol. The molecule has 0 bridgehead atoms. The number of amides is 2. The van der Waals surface area contributed by atoms with Gasteiger partial charge in [-0.1, -0.05) is 30.3 Å². The third-order valence-corrected chi connectivity index (χ3v) is 5.93. The van der Waals surface area contributed by atoms with Crippen LogP contribution in [-0.2, 0) is 16.0 Å². The summed E-state index contributed by atoms with van der Waals surface area (Å²) in [6, 6.07) is 13.5. The molecule has 6 nitrogen and oxygen atoms in total. The quantitative estimate of drug-likeness (QED) is 0.646. The van der Waals surface area contributed by atoms with Gasteiger partial charge in [-0.2, -0.15) is 0 Å². The van der Waals surface area contributed by atoms with Crippen molar-refractivity contribution in [1.82, 2.24) is 15.2 Å². The molecule has 1 N–H and O–H groups in total. The Morgan fingerprint density at radius 3 is 2.82 bits per heavy atom. The van der Waals surface area contributed by atoms with E-state index in [1.165, 1.54) is 18.2 Å². The number of carbonyl (C=O) groups excluding carboxylic acids is 2. The summed E-state index contributed by atoms with van der Waals surface area (Å²) >= 11 is 0. The summed E-state index contributed by atoms with van der Waals surface area (Å²) in [4.78, 5) is 32.1. The van der Waals surface area contributed by atoms with Crippen molar-refractivity contribution < 1.29 is 18.7 Å². The van der Waals surface area contributed by atoms with Crippen molar-refractivity contribution in [2.45, 2.75) is 25.8 Å². The van der Waals surface area contributed by atoms with Gasteiger partial charge in [-0.15, -0.1) is 0 Å². The van der Waals surface area contributed by atoms with E-state index in [0.29, 0.717) is 26.3 Å². The molecule has 0 spiro atoms. The maximum absolute atomic E-state index is 13.5. The molecule has 1 aromatic heterocycles. The van der Waals surface area contributed by atoms with Gasteiger partial charge >= 0.3 is 0 Å². The molecule has 2 amide bonds. The predicted octanol–water partition coefficient (Wildman–Crippen LogP) is 3.60. The van der Waals surface area contributed by atoms with Gasteiger partial charge in [0.2, 0.25) is 5.91 Å². The second-order valence-electron chi connectivity index (χ2n) is 9.01. The zero-order valence-electron chi connectivity index (χ0n) is 18.9. The van der Waals surface area contributed by atoms with Crippen LogP contribution in [0.25, 0.3) is 10.8 Å². The number of aromatic nitrogens is 1. The first-order valence-corrected chi connectivity index (χ1v) is 11.1. The van der Waals surface area contributed by atoms with Crippen LogP contribution in [0.3, 0.4) is 0 Å². The fraction of sp³-hybridized carbons (Fsp3) is 0.346. The van der Waals surface area contributed by atoms with Crippen molar-refractivity contribution in [3.05, 3.63) is 77.9 Å². The maximum atomic E-state index is 13.5. The molecule has 1 saturated heterocycles. The zero-order chi connectivity index (χ0) is 23.4. The van der Waals surface area contributed by atoms with Crippen molar-refractivity contribution in [3.8, 4) is 0 Å². The van der Waals surface area contributed by atoms with E-state index < -0.39 is 17.3 Å². The number of fused-ring (bicyclic) bond motifs is 1. The van der Waals surface area contributed by atoms with Crippen LogP contribution in [0, 0.1) is 11.7 Å². The highest BCUT2D eigenvalue weighted by Crippen LogP contribution is 2.23. The third-order valence-electron chi connectivity index (χ3n) is 5.93. The summed E-state index contributed by atoms with van der Waals surface area (Å²) < 4.78 is 19.3. The summed E-state index contributed by atoms with van der Waals surface area (Å²) in [5.41, 5.74) is 0.144. The van der Waals surface area contributed by atoms with Gasteiger partial charge in [0.15, 0.2) is 0 Å². The largest absolute Gasteiger partial charge is 0.379 e. The number of nitrogens with one attached hydrogen (secondary N) is 1. The molecule has 3 aromatic rings. The molecule has 0 radical (unpaired) electrons. The molecule has 172 valence electrons. The minimum absolute atomic E-state index is 0.0961. The second kappa shape index (κ2) is 9.67. The van der Waals surface area contributed by atoms with E-state index >= 15 is 0 Å². The maximum Gasteiger partial charge on any atom is 0.252 e. The SMILES string of the molecule is CC(C)(NC(=O)c1cccc(F)c1)C(=O)N1CCOCC(Cc2cncc3ccccc23)C1. The van der Waals surface area contributed by atoms with Gasteiger partial charge in [0, 0.05) is 42.4 Å².